The van der Waals surface area contributed by atoms with Crippen LogP contribution in [0.2, 0.25) is 5.02 Å². The highest BCUT2D eigenvalue weighted by atomic mass is 35.5. The van der Waals surface area contributed by atoms with E-state index < -0.39 is 5.97 Å². The van der Waals surface area contributed by atoms with Crippen LogP contribution < -0.4 is 14.2 Å². The highest BCUT2D eigenvalue weighted by molar-refractivity contribution is 6.30. The average Bonchev–Trinajstić information content (AvgIpc) is 2.77. The molecule has 0 atom stereocenters. The molecule has 0 spiro atoms. The van der Waals surface area contributed by atoms with Crippen LogP contribution >= 0.6 is 11.6 Å². The lowest BCUT2D eigenvalue weighted by molar-refractivity contribution is 0.0735. The van der Waals surface area contributed by atoms with Gasteiger partial charge in [0.1, 0.15) is 5.75 Å². The predicted octanol–water partition coefficient (Wildman–Crippen LogP) is 5.64. The molecule has 0 aliphatic heterocycles. The first-order chi connectivity index (χ1) is 14.5. The normalized spacial score (nSPS) is 10.8. The number of hydrogen-bond acceptors (Lipinski definition) is 5. The Kier molecular flexibility index (Phi) is 6.74. The molecule has 5 nitrogen and oxygen atoms in total. The molecule has 30 heavy (non-hydrogen) atoms. The van der Waals surface area contributed by atoms with Crippen molar-refractivity contribution in [3.05, 3.63) is 88.4 Å². The zero-order valence-corrected chi connectivity index (χ0v) is 17.1. The number of esters is 1. The summed E-state index contributed by atoms with van der Waals surface area (Å²) in [5, 5.41) is 10.1. The molecule has 3 rings (SSSR count). The molecule has 0 unspecified atom stereocenters. The fourth-order valence-electron chi connectivity index (χ4n) is 2.80. The monoisotopic (exact) mass is 419 g/mol. The molecule has 0 aromatic heterocycles. The highest BCUT2D eigenvalue weighted by Crippen LogP contribution is 2.31. The molecule has 0 aliphatic carbocycles. The predicted molar refractivity (Wildman–Crippen MR) is 116 cm³/mol. The van der Waals surface area contributed by atoms with Crippen LogP contribution in [0.3, 0.4) is 0 Å². The van der Waals surface area contributed by atoms with E-state index in [9.17, 15) is 10.1 Å². The van der Waals surface area contributed by atoms with Crippen LogP contribution in [0.4, 0.5) is 0 Å². The molecular weight excluding hydrogens is 402 g/mol. The standard InChI is InChI=1S/C24H18ClNO4/c1-28-22-10-9-17(14-23(22)29-2)19(15-26)11-16-5-3-8-21(12-16)30-24(27)18-6-4-7-20(25)13-18/h3-14H,1-2H3/b19-11-. The molecule has 0 bridgehead atoms. The third-order valence-corrected chi connectivity index (χ3v) is 4.49. The first-order valence-corrected chi connectivity index (χ1v) is 9.34. The van der Waals surface area contributed by atoms with E-state index in [-0.39, 0.29) is 0 Å². The van der Waals surface area contributed by atoms with Crippen LogP contribution in [0.15, 0.2) is 66.7 Å². The van der Waals surface area contributed by atoms with Gasteiger partial charge in [0.15, 0.2) is 11.5 Å². The number of ether oxygens (including phenoxy) is 3. The van der Waals surface area contributed by atoms with Gasteiger partial charge in [0.25, 0.3) is 0 Å². The van der Waals surface area contributed by atoms with Crippen LogP contribution in [-0.2, 0) is 0 Å². The lowest BCUT2D eigenvalue weighted by Gasteiger charge is -2.09. The summed E-state index contributed by atoms with van der Waals surface area (Å²) in [7, 11) is 3.09. The number of carbonyl (C=O) groups is 1. The van der Waals surface area contributed by atoms with Crippen LogP contribution in [0.25, 0.3) is 11.6 Å². The highest BCUT2D eigenvalue weighted by Gasteiger charge is 2.11. The summed E-state index contributed by atoms with van der Waals surface area (Å²) in [6.07, 6.45) is 1.71. The molecule has 0 amide bonds. The van der Waals surface area contributed by atoms with Crippen LogP contribution in [0.5, 0.6) is 17.2 Å². The van der Waals surface area contributed by atoms with Crippen molar-refractivity contribution in [2.24, 2.45) is 0 Å². The van der Waals surface area contributed by atoms with Gasteiger partial charge in [-0.2, -0.15) is 5.26 Å². The summed E-state index contributed by atoms with van der Waals surface area (Å²) in [5.74, 6) is 0.950. The number of nitriles is 1. The minimum Gasteiger partial charge on any atom is -0.493 e. The van der Waals surface area contributed by atoms with Crippen molar-refractivity contribution < 1.29 is 19.0 Å². The molecule has 6 heteroatoms. The molecule has 3 aromatic rings. The van der Waals surface area contributed by atoms with Crippen molar-refractivity contribution in [1.29, 1.82) is 5.26 Å². The SMILES string of the molecule is COc1ccc(/C(C#N)=C\c2cccc(OC(=O)c3cccc(Cl)c3)c2)cc1OC. The van der Waals surface area contributed by atoms with Crippen LogP contribution in [-0.4, -0.2) is 20.2 Å². The molecule has 0 fully saturated rings. The second-order valence-corrected chi connectivity index (χ2v) is 6.65. The number of hydrogen-bond donors (Lipinski definition) is 0. The van der Waals surface area contributed by atoms with Gasteiger partial charge in [0, 0.05) is 5.02 Å². The minimum absolute atomic E-state index is 0.353. The maximum atomic E-state index is 12.3. The van der Waals surface area contributed by atoms with E-state index in [0.29, 0.717) is 44.5 Å². The largest absolute Gasteiger partial charge is 0.493 e. The maximum Gasteiger partial charge on any atom is 0.343 e. The molecule has 0 radical (unpaired) electrons. The van der Waals surface area contributed by atoms with E-state index in [1.165, 1.54) is 7.11 Å². The Morgan fingerprint density at radius 3 is 2.40 bits per heavy atom. The van der Waals surface area contributed by atoms with Crippen molar-refractivity contribution in [3.8, 4) is 23.3 Å². The number of methoxy groups -OCH3 is 2. The smallest absolute Gasteiger partial charge is 0.343 e. The molecular formula is C24H18ClNO4. The molecule has 0 saturated carbocycles. The Balaban J connectivity index is 1.86. The van der Waals surface area contributed by atoms with E-state index >= 15 is 0 Å². The van der Waals surface area contributed by atoms with Gasteiger partial charge in [-0.15, -0.1) is 0 Å². The maximum absolute atomic E-state index is 12.3. The zero-order chi connectivity index (χ0) is 21.5. The molecule has 3 aromatic carbocycles. The van der Waals surface area contributed by atoms with Crippen molar-refractivity contribution in [2.75, 3.05) is 14.2 Å². The summed E-state index contributed by atoms with van der Waals surface area (Å²) in [5.41, 5.74) is 2.16. The van der Waals surface area contributed by atoms with Gasteiger partial charge in [0.05, 0.1) is 31.4 Å². The second-order valence-electron chi connectivity index (χ2n) is 6.21. The molecule has 0 saturated heterocycles. The molecule has 0 N–H and O–H groups in total. The number of halogens is 1. The van der Waals surface area contributed by atoms with Crippen LogP contribution in [0.1, 0.15) is 21.5 Å². The Hall–Kier alpha value is -3.75. The molecule has 0 aliphatic rings. The number of allylic oxidation sites excluding steroid dienone is 1. The fourth-order valence-corrected chi connectivity index (χ4v) is 2.99. The Labute approximate surface area is 179 Å². The summed E-state index contributed by atoms with van der Waals surface area (Å²) in [6, 6.07) is 20.9. The van der Waals surface area contributed by atoms with Crippen LogP contribution in [0, 0.1) is 11.3 Å². The molecule has 150 valence electrons. The van der Waals surface area contributed by atoms with Crippen molar-refractivity contribution in [1.82, 2.24) is 0 Å². The van der Waals surface area contributed by atoms with Crippen molar-refractivity contribution in [2.45, 2.75) is 0 Å². The van der Waals surface area contributed by atoms with E-state index in [1.54, 1.807) is 73.8 Å². The zero-order valence-electron chi connectivity index (χ0n) is 16.4. The quantitative estimate of drug-likeness (QED) is 0.224. The van der Waals surface area contributed by atoms with Gasteiger partial charge in [-0.3, -0.25) is 0 Å². The summed E-state index contributed by atoms with van der Waals surface area (Å²) < 4.78 is 16.0. The van der Waals surface area contributed by atoms with Gasteiger partial charge >= 0.3 is 5.97 Å². The summed E-state index contributed by atoms with van der Waals surface area (Å²) in [4.78, 5) is 12.3. The van der Waals surface area contributed by atoms with Gasteiger partial charge in [-0.05, 0) is 65.7 Å². The van der Waals surface area contributed by atoms with Gasteiger partial charge in [0.2, 0.25) is 0 Å². The minimum atomic E-state index is -0.515. The average molecular weight is 420 g/mol. The lowest BCUT2D eigenvalue weighted by Crippen LogP contribution is -2.08. The fraction of sp³-hybridized carbons (Fsp3) is 0.0833. The number of benzene rings is 3. The molecule has 0 heterocycles. The summed E-state index contributed by atoms with van der Waals surface area (Å²) in [6.45, 7) is 0. The summed E-state index contributed by atoms with van der Waals surface area (Å²) >= 11 is 5.93. The third kappa shape index (κ3) is 4.99. The van der Waals surface area contributed by atoms with Gasteiger partial charge in [-0.1, -0.05) is 29.8 Å². The van der Waals surface area contributed by atoms with E-state index in [4.69, 9.17) is 25.8 Å². The van der Waals surface area contributed by atoms with Crippen molar-refractivity contribution >= 4 is 29.2 Å². The second kappa shape index (κ2) is 9.64. The Morgan fingerprint density at radius 2 is 1.70 bits per heavy atom. The van der Waals surface area contributed by atoms with E-state index in [0.717, 1.165) is 0 Å². The topological polar surface area (TPSA) is 68.5 Å². The Morgan fingerprint density at radius 1 is 0.933 bits per heavy atom. The van der Waals surface area contributed by atoms with Crippen molar-refractivity contribution in [3.63, 3.8) is 0 Å². The first-order valence-electron chi connectivity index (χ1n) is 8.96. The Bertz CT molecular complexity index is 1150. The van der Waals surface area contributed by atoms with Gasteiger partial charge in [-0.25, -0.2) is 4.79 Å². The number of nitrogens with zero attached hydrogens (tertiary/aromatic N) is 1. The van der Waals surface area contributed by atoms with E-state index in [1.807, 2.05) is 6.07 Å². The lowest BCUT2D eigenvalue weighted by atomic mass is 10.0. The number of carbonyl (C=O) groups excluding carboxylic acids is 1. The first kappa shape index (κ1) is 21.0. The van der Waals surface area contributed by atoms with Gasteiger partial charge < -0.3 is 14.2 Å². The number of rotatable bonds is 6. The third-order valence-electron chi connectivity index (χ3n) is 4.25. The van der Waals surface area contributed by atoms with E-state index in [2.05, 4.69) is 6.07 Å².